The molecule has 0 aliphatic carbocycles. The van der Waals surface area contributed by atoms with Gasteiger partial charge in [0.25, 0.3) is 0 Å². The summed E-state index contributed by atoms with van der Waals surface area (Å²) in [5, 5.41) is 26.9. The lowest BCUT2D eigenvalue weighted by Crippen LogP contribution is -2.83. The fourth-order valence-electron chi connectivity index (χ4n) is 5.29. The normalized spacial score (nSPS) is 9.69. The number of halogens is 3. The van der Waals surface area contributed by atoms with Gasteiger partial charge in [0, 0.05) is 207 Å². The Morgan fingerprint density at radius 2 is 1.07 bits per heavy atom. The minimum Gasteiger partial charge on any atom is -0.285 e. The fourth-order valence-corrected chi connectivity index (χ4v) is 5.49. The highest BCUT2D eigenvalue weighted by Gasteiger charge is 2.47. The number of hydrogen-bond donors (Lipinski definition) is 1. The molecule has 4 aromatic heterocycles. The number of H-pyrrole nitrogens is 1. The second-order valence-corrected chi connectivity index (χ2v) is 15.4. The van der Waals surface area contributed by atoms with Crippen LogP contribution in [0, 0.1) is 0 Å². The van der Waals surface area contributed by atoms with E-state index in [4.69, 9.17) is 116 Å². The molecule has 35 heteroatoms. The van der Waals surface area contributed by atoms with Crippen LogP contribution in [-0.2, 0) is 0 Å². The Labute approximate surface area is 369 Å². The number of nitrogens with zero attached hydrogens (tertiary/aromatic N) is 7. The van der Waals surface area contributed by atoms with E-state index in [-0.39, 0.29) is 8.41 Å². The molecule has 0 bridgehead atoms. The third-order valence-corrected chi connectivity index (χ3v) is 8.11. The van der Waals surface area contributed by atoms with Crippen molar-refractivity contribution in [2.24, 2.45) is 0 Å². The van der Waals surface area contributed by atoms with Gasteiger partial charge in [0.15, 0.2) is 10.3 Å². The summed E-state index contributed by atoms with van der Waals surface area (Å²) in [5.74, 6) is 0. The van der Waals surface area contributed by atoms with E-state index < -0.39 is 63.9 Å². The third kappa shape index (κ3) is 19.2. The topological polar surface area (TPSA) is 98.1 Å². The zero-order valence-electron chi connectivity index (χ0n) is 31.4. The Morgan fingerprint density at radius 3 is 1.36 bits per heavy atom. The van der Waals surface area contributed by atoms with Gasteiger partial charge < -0.3 is 0 Å². The molecule has 0 aromatic carbocycles. The van der Waals surface area contributed by atoms with Gasteiger partial charge in [-0.3, -0.25) is 9.78 Å². The molecule has 4 rings (SSSR count). The first-order chi connectivity index (χ1) is 25.2. The molecule has 28 radical (unpaired) electrons. The third-order valence-electron chi connectivity index (χ3n) is 7.71. The van der Waals surface area contributed by atoms with Gasteiger partial charge in [0.1, 0.15) is 0 Å². The van der Waals surface area contributed by atoms with E-state index in [0.717, 1.165) is 22.5 Å². The largest absolute Gasteiger partial charge is 0.285 e. The summed E-state index contributed by atoms with van der Waals surface area (Å²) in [6, 6.07) is 7.38. The lowest BCUT2D eigenvalue weighted by Gasteiger charge is -2.45. The Balaban J connectivity index is 0.000000782. The zero-order chi connectivity index (χ0) is 41.3. The molecule has 0 unspecified atom stereocenters. The molecule has 0 aliphatic heterocycles. The van der Waals surface area contributed by atoms with E-state index in [1.54, 1.807) is 36.8 Å². The van der Waals surface area contributed by atoms with Crippen LogP contribution in [0.1, 0.15) is 33.7 Å². The first-order valence-corrected chi connectivity index (χ1v) is 18.4. The van der Waals surface area contributed by atoms with Gasteiger partial charge in [-0.2, -0.15) is 10.2 Å². The van der Waals surface area contributed by atoms with Crippen LogP contribution in [-0.4, -0.2) is 217 Å². The molecule has 236 valence electrons. The van der Waals surface area contributed by atoms with Crippen molar-refractivity contribution in [3.05, 3.63) is 59.4 Å². The highest BCUT2D eigenvalue weighted by Crippen LogP contribution is 2.18. The summed E-state index contributed by atoms with van der Waals surface area (Å²) in [6.07, 6.45) is -0.876. The van der Waals surface area contributed by atoms with Crippen molar-refractivity contribution in [1.82, 2.24) is 40.4 Å². The zero-order valence-corrected chi connectivity index (χ0v) is 34.5. The second kappa shape index (κ2) is 27.8. The lowest BCUT2D eigenvalue weighted by molar-refractivity contribution is 0.532. The highest BCUT2D eigenvalue weighted by molar-refractivity contribution is 9.09. The van der Waals surface area contributed by atoms with E-state index in [1.165, 1.54) is 7.06 Å². The van der Waals surface area contributed by atoms with Gasteiger partial charge in [-0.1, -0.05) is 53.0 Å². The number of aromatic amines is 1. The Hall–Kier alpha value is -0.802. The maximum atomic E-state index is 6.03. The maximum absolute atomic E-state index is 6.03. The first-order valence-electron chi connectivity index (χ1n) is 16.8. The number of nitrogens with one attached hydrogen (secondary N) is 1. The average Bonchev–Trinajstić information content (AvgIpc) is 3.79. The molecular weight excluding hydrogens is 763 g/mol. The quantitative estimate of drug-likeness (QED) is 0.113. The second-order valence-electron chi connectivity index (χ2n) is 12.8. The number of alkyl halides is 1. The smallest absolute Gasteiger partial charge is 0.151 e. The summed E-state index contributed by atoms with van der Waals surface area (Å²) in [6.45, 7) is 8.31. The van der Waals surface area contributed by atoms with E-state index in [0.29, 0.717) is 21.2 Å². The van der Waals surface area contributed by atoms with E-state index >= 15 is 0 Å². The van der Waals surface area contributed by atoms with Gasteiger partial charge in [-0.25, -0.2) is 0 Å². The van der Waals surface area contributed by atoms with Crippen LogP contribution in [0.4, 0.5) is 0 Å². The summed E-state index contributed by atoms with van der Waals surface area (Å²) in [4.78, 5) is 0.646. The highest BCUT2D eigenvalue weighted by atomic mass is 79.9. The molecule has 0 atom stereocenters. The molecule has 0 spiro atoms. The van der Waals surface area contributed by atoms with Crippen molar-refractivity contribution in [2.45, 2.75) is 38.6 Å². The van der Waals surface area contributed by atoms with E-state index in [1.807, 2.05) is 16.9 Å². The summed E-state index contributed by atoms with van der Waals surface area (Å²) >= 11 is 14.5. The van der Waals surface area contributed by atoms with E-state index in [2.05, 4.69) is 79.3 Å². The van der Waals surface area contributed by atoms with Crippen molar-refractivity contribution < 1.29 is 0 Å². The van der Waals surface area contributed by atoms with Crippen molar-refractivity contribution in [1.29, 1.82) is 0 Å². The summed E-state index contributed by atoms with van der Waals surface area (Å²) < 4.78 is 1.88. The van der Waals surface area contributed by atoms with Crippen LogP contribution >= 0.6 is 39.1 Å². The SMILES string of the molecule is CC(C)Br.CC(C)n1cc(-c2ccc(Cl)nn2)cn1.Clc1ccc(-c2cn[nH]c2)nn1.[B].[B][B]B([B])B(B([B])[B])B(B(B([B])[B])B([B])[B])B(B([B])[B])B([B])[B]. The first kappa shape index (κ1) is 54.2. The Morgan fingerprint density at radius 1 is 0.655 bits per heavy atom. The van der Waals surface area contributed by atoms with Crippen LogP contribution in [0.2, 0.25) is 10.3 Å². The summed E-state index contributed by atoms with van der Waals surface area (Å²) in [7, 11) is 71.4. The molecule has 0 fully saturated rings. The van der Waals surface area contributed by atoms with Crippen LogP contribution in [0.5, 0.6) is 0 Å². The number of hydrogen-bond acceptors (Lipinski definition) is 6. The van der Waals surface area contributed by atoms with Crippen LogP contribution < -0.4 is 0 Å². The summed E-state index contributed by atoms with van der Waals surface area (Å²) in [5.41, 5.74) is 3.39. The predicted octanol–water partition coefficient (Wildman–Crippen LogP) is -3.25. The van der Waals surface area contributed by atoms with Gasteiger partial charge >= 0.3 is 0 Å². The molecule has 0 aliphatic rings. The Kier molecular flexibility index (Phi) is 27.4. The van der Waals surface area contributed by atoms with Gasteiger partial charge in [-0.05, 0) is 38.1 Å². The molecular formula is C20H23B24BrCl2N8. The van der Waals surface area contributed by atoms with Gasteiger partial charge in [-0.15, -0.1) is 20.4 Å². The van der Waals surface area contributed by atoms with Crippen LogP contribution in [0.15, 0.2) is 49.1 Å². The molecule has 1 N–H and O–H groups in total. The molecule has 55 heavy (non-hydrogen) atoms. The molecule has 4 heterocycles. The van der Waals surface area contributed by atoms with Gasteiger partial charge in [0.05, 0.1) is 23.8 Å². The standard InChI is InChI=1S/C10H11ClN4.C7H5ClN4.C3H7Br.B23.B/c1-7(2)15-6-8(5-12-15)9-3-4-10(11)14-13-9;8-7-2-1-6(11-12-7)5-3-9-10-4-5;1-3(2)4;1-13-19(12)22(18(10)11)23(20(14(2)3)15(4)5)21(16(6)7)17(8)9;/h3-7H,1-2H3;1-4H,(H,9,10);3H,1-2H3;;. The monoisotopic (exact) mass is 788 g/mol. The number of aromatic nitrogens is 8. The van der Waals surface area contributed by atoms with Gasteiger partial charge in [0.2, 0.25) is 0 Å². The van der Waals surface area contributed by atoms with Crippen molar-refractivity contribution >= 4 is 211 Å². The van der Waals surface area contributed by atoms with Crippen molar-refractivity contribution in [3.63, 3.8) is 0 Å². The maximum Gasteiger partial charge on any atom is 0.151 e. The molecule has 8 nitrogen and oxygen atoms in total. The molecule has 0 amide bonds. The average molecular weight is 786 g/mol. The van der Waals surface area contributed by atoms with Crippen LogP contribution in [0.3, 0.4) is 0 Å². The lowest BCUT2D eigenvalue weighted by atomic mass is 8.36. The van der Waals surface area contributed by atoms with Crippen LogP contribution in [0.25, 0.3) is 22.5 Å². The van der Waals surface area contributed by atoms with Crippen molar-refractivity contribution in [3.8, 4) is 22.5 Å². The van der Waals surface area contributed by atoms with Crippen molar-refractivity contribution in [2.75, 3.05) is 0 Å². The van der Waals surface area contributed by atoms with E-state index in [9.17, 15) is 0 Å². The molecule has 4 aromatic rings. The molecule has 0 saturated heterocycles. The predicted molar refractivity (Wildman–Crippen MR) is 265 cm³/mol. The Bertz CT molecular complexity index is 1520. The minimum atomic E-state index is -0.925. The number of rotatable bonds is 13. The molecule has 0 saturated carbocycles. The minimum absolute atomic E-state index is 0. The fraction of sp³-hybridized carbons (Fsp3) is 0.300.